The van der Waals surface area contributed by atoms with E-state index in [0.29, 0.717) is 18.4 Å². The lowest BCUT2D eigenvalue weighted by Gasteiger charge is -2.08. The van der Waals surface area contributed by atoms with E-state index in [1.165, 1.54) is 35.6 Å². The predicted molar refractivity (Wildman–Crippen MR) is 109 cm³/mol. The molecule has 0 bridgehead atoms. The molecule has 0 saturated carbocycles. The summed E-state index contributed by atoms with van der Waals surface area (Å²) in [5.74, 6) is -1.47. The van der Waals surface area contributed by atoms with Gasteiger partial charge in [0.2, 0.25) is 10.0 Å². The highest BCUT2D eigenvalue weighted by atomic mass is 32.2. The lowest BCUT2D eigenvalue weighted by molar-refractivity contribution is 0.0696. The zero-order valence-electron chi connectivity index (χ0n) is 15.6. The molecule has 0 aliphatic heterocycles. The number of thiazole rings is 1. The molecule has 0 fully saturated rings. The fourth-order valence-electron chi connectivity index (χ4n) is 2.70. The summed E-state index contributed by atoms with van der Waals surface area (Å²) in [6.45, 7) is 1.81. The molecule has 0 saturated heterocycles. The zero-order chi connectivity index (χ0) is 21.0. The van der Waals surface area contributed by atoms with Crippen molar-refractivity contribution in [3.05, 3.63) is 70.5 Å². The third-order valence-electron chi connectivity index (χ3n) is 4.29. The van der Waals surface area contributed by atoms with E-state index in [-0.39, 0.29) is 22.8 Å². The molecule has 0 aliphatic rings. The molecule has 6 nitrogen and oxygen atoms in total. The van der Waals surface area contributed by atoms with E-state index >= 15 is 0 Å². The number of hydrogen-bond acceptors (Lipinski definition) is 5. The van der Waals surface area contributed by atoms with Crippen LogP contribution in [0.5, 0.6) is 0 Å². The molecule has 2 aromatic carbocycles. The second-order valence-corrected chi connectivity index (χ2v) is 9.06. The van der Waals surface area contributed by atoms with Crippen molar-refractivity contribution >= 4 is 27.3 Å². The maximum atomic E-state index is 13.0. The predicted octanol–water partition coefficient (Wildman–Crippen LogP) is 3.87. The summed E-state index contributed by atoms with van der Waals surface area (Å²) in [6, 6.07) is 10.1. The molecule has 9 heteroatoms. The Morgan fingerprint density at radius 2 is 1.93 bits per heavy atom. The van der Waals surface area contributed by atoms with Gasteiger partial charge in [0.15, 0.2) is 0 Å². The van der Waals surface area contributed by atoms with E-state index in [1.54, 1.807) is 19.1 Å². The topological polar surface area (TPSA) is 96.4 Å². The van der Waals surface area contributed by atoms with Crippen LogP contribution in [0, 0.1) is 12.7 Å². The van der Waals surface area contributed by atoms with Crippen LogP contribution in [0.25, 0.3) is 10.6 Å². The quantitative estimate of drug-likeness (QED) is 0.525. The van der Waals surface area contributed by atoms with Crippen molar-refractivity contribution in [3.8, 4) is 10.6 Å². The van der Waals surface area contributed by atoms with Crippen LogP contribution in [0.15, 0.2) is 52.7 Å². The number of carbonyl (C=O) groups is 1. The average Bonchev–Trinajstić information content (AvgIpc) is 3.15. The Morgan fingerprint density at radius 1 is 1.21 bits per heavy atom. The Labute approximate surface area is 172 Å². The van der Waals surface area contributed by atoms with Crippen LogP contribution in [-0.4, -0.2) is 31.0 Å². The molecule has 0 aliphatic carbocycles. The Hall–Kier alpha value is -2.62. The molecule has 0 radical (unpaired) electrons. The lowest BCUT2D eigenvalue weighted by Crippen LogP contribution is -2.25. The number of nitrogens with one attached hydrogen (secondary N) is 1. The summed E-state index contributed by atoms with van der Waals surface area (Å²) in [5, 5.41) is 11.8. The van der Waals surface area contributed by atoms with Gasteiger partial charge in [-0.25, -0.2) is 27.3 Å². The lowest BCUT2D eigenvalue weighted by atomic mass is 10.1. The monoisotopic (exact) mass is 434 g/mol. The minimum atomic E-state index is -3.80. The molecular formula is C20H19FN2O4S2. The number of benzene rings is 2. The van der Waals surface area contributed by atoms with Crippen molar-refractivity contribution in [1.82, 2.24) is 9.71 Å². The summed E-state index contributed by atoms with van der Waals surface area (Å²) in [6.07, 6.45) is 1.11. The van der Waals surface area contributed by atoms with E-state index in [0.717, 1.165) is 22.3 Å². The van der Waals surface area contributed by atoms with Gasteiger partial charge in [0, 0.05) is 17.5 Å². The molecule has 29 heavy (non-hydrogen) atoms. The first-order chi connectivity index (χ1) is 13.8. The van der Waals surface area contributed by atoms with Gasteiger partial charge < -0.3 is 5.11 Å². The highest BCUT2D eigenvalue weighted by Gasteiger charge is 2.17. The first-order valence-electron chi connectivity index (χ1n) is 8.80. The van der Waals surface area contributed by atoms with Crippen LogP contribution in [0.2, 0.25) is 0 Å². The first kappa shape index (κ1) is 21.1. The van der Waals surface area contributed by atoms with E-state index < -0.39 is 16.0 Å². The molecule has 1 aromatic heterocycles. The number of nitrogens with zero attached hydrogens (tertiary/aromatic N) is 1. The summed E-state index contributed by atoms with van der Waals surface area (Å²) >= 11 is 1.45. The summed E-state index contributed by atoms with van der Waals surface area (Å²) in [4.78, 5) is 15.6. The normalized spacial score (nSPS) is 11.5. The van der Waals surface area contributed by atoms with Crippen molar-refractivity contribution in [2.24, 2.45) is 0 Å². The van der Waals surface area contributed by atoms with E-state index in [1.807, 2.05) is 5.38 Å². The first-order valence-corrected chi connectivity index (χ1v) is 11.2. The van der Waals surface area contributed by atoms with Crippen LogP contribution < -0.4 is 4.72 Å². The number of hydrogen-bond donors (Lipinski definition) is 2. The zero-order valence-corrected chi connectivity index (χ0v) is 17.2. The van der Waals surface area contributed by atoms with Crippen LogP contribution in [0.1, 0.15) is 28.0 Å². The summed E-state index contributed by atoms with van der Waals surface area (Å²) in [7, 11) is -3.80. The molecule has 3 aromatic rings. The molecule has 0 atom stereocenters. The molecule has 3 rings (SSSR count). The number of carboxylic acid groups (broad SMARTS) is 1. The third kappa shape index (κ3) is 5.26. The smallest absolute Gasteiger partial charge is 0.335 e. The van der Waals surface area contributed by atoms with Crippen molar-refractivity contribution in [3.63, 3.8) is 0 Å². The highest BCUT2D eigenvalue weighted by molar-refractivity contribution is 7.89. The number of aromatic nitrogens is 1. The van der Waals surface area contributed by atoms with Gasteiger partial charge in [0.25, 0.3) is 0 Å². The molecule has 0 unspecified atom stereocenters. The van der Waals surface area contributed by atoms with Crippen LogP contribution in [0.3, 0.4) is 0 Å². The Morgan fingerprint density at radius 3 is 2.62 bits per heavy atom. The van der Waals surface area contributed by atoms with E-state index in [9.17, 15) is 17.6 Å². The van der Waals surface area contributed by atoms with Crippen LogP contribution in [-0.2, 0) is 16.4 Å². The highest BCUT2D eigenvalue weighted by Crippen LogP contribution is 2.24. The van der Waals surface area contributed by atoms with Crippen molar-refractivity contribution in [1.29, 1.82) is 0 Å². The third-order valence-corrected chi connectivity index (χ3v) is 6.69. The maximum absolute atomic E-state index is 13.0. The Bertz CT molecular complexity index is 1130. The Kier molecular flexibility index (Phi) is 6.41. The number of aromatic carboxylic acids is 1. The van der Waals surface area contributed by atoms with Crippen LogP contribution in [0.4, 0.5) is 4.39 Å². The second-order valence-electron chi connectivity index (χ2n) is 6.43. The standard InChI is InChI=1S/C20H19FN2O4S2/c1-13-4-9-17(11-18(13)20(24)25)29(26,27)22-10-2-3-16-12-28-19(23-16)14-5-7-15(21)8-6-14/h4-9,11-12,22H,2-3,10H2,1H3,(H,24,25). The molecule has 0 amide bonds. The fraction of sp³-hybridized carbons (Fsp3) is 0.200. The number of carboxylic acids is 1. The molecule has 2 N–H and O–H groups in total. The van der Waals surface area contributed by atoms with Crippen LogP contribution >= 0.6 is 11.3 Å². The van der Waals surface area contributed by atoms with Gasteiger partial charge in [-0.15, -0.1) is 11.3 Å². The van der Waals surface area contributed by atoms with Gasteiger partial charge in [-0.05, 0) is 61.7 Å². The number of halogens is 1. The number of sulfonamides is 1. The average molecular weight is 435 g/mol. The SMILES string of the molecule is Cc1ccc(S(=O)(=O)NCCCc2csc(-c3ccc(F)cc3)n2)cc1C(=O)O. The van der Waals surface area contributed by atoms with Crippen molar-refractivity contribution in [2.45, 2.75) is 24.7 Å². The minimum absolute atomic E-state index is 0.0383. The van der Waals surface area contributed by atoms with Gasteiger partial charge in [-0.2, -0.15) is 0 Å². The molecule has 0 spiro atoms. The summed E-state index contributed by atoms with van der Waals surface area (Å²) in [5.41, 5.74) is 2.12. The maximum Gasteiger partial charge on any atom is 0.335 e. The summed E-state index contributed by atoms with van der Waals surface area (Å²) < 4.78 is 40.3. The molecule has 1 heterocycles. The Balaban J connectivity index is 1.57. The largest absolute Gasteiger partial charge is 0.478 e. The van der Waals surface area contributed by atoms with Crippen molar-refractivity contribution in [2.75, 3.05) is 6.54 Å². The minimum Gasteiger partial charge on any atom is -0.478 e. The fourth-order valence-corrected chi connectivity index (χ4v) is 4.67. The van der Waals surface area contributed by atoms with Crippen molar-refractivity contribution < 1.29 is 22.7 Å². The second kappa shape index (κ2) is 8.81. The van der Waals surface area contributed by atoms with E-state index in [2.05, 4.69) is 9.71 Å². The van der Waals surface area contributed by atoms with Gasteiger partial charge in [-0.1, -0.05) is 6.07 Å². The van der Waals surface area contributed by atoms with E-state index in [4.69, 9.17) is 5.11 Å². The van der Waals surface area contributed by atoms with Gasteiger partial charge in [0.05, 0.1) is 16.2 Å². The van der Waals surface area contributed by atoms with Gasteiger partial charge >= 0.3 is 5.97 Å². The number of aryl methyl sites for hydroxylation is 2. The number of rotatable bonds is 8. The molecular weight excluding hydrogens is 415 g/mol. The van der Waals surface area contributed by atoms with Gasteiger partial charge in [0.1, 0.15) is 10.8 Å². The van der Waals surface area contributed by atoms with Gasteiger partial charge in [-0.3, -0.25) is 0 Å². The molecule has 152 valence electrons.